The van der Waals surface area contributed by atoms with Gasteiger partial charge in [0.2, 0.25) is 5.13 Å². The summed E-state index contributed by atoms with van der Waals surface area (Å²) in [6, 6.07) is 6.17. The fourth-order valence-corrected chi connectivity index (χ4v) is 1.88. The number of aryl methyl sites for hydroxylation is 1. The lowest BCUT2D eigenvalue weighted by atomic mass is 10.2. The van der Waals surface area contributed by atoms with Crippen LogP contribution in [-0.4, -0.2) is 21.3 Å². The van der Waals surface area contributed by atoms with Crippen LogP contribution < -0.4 is 0 Å². The Balaban J connectivity index is 2.11. The van der Waals surface area contributed by atoms with Gasteiger partial charge in [0.25, 0.3) is 5.69 Å². The second-order valence-electron chi connectivity index (χ2n) is 3.44. The Morgan fingerprint density at radius 3 is 2.67 bits per heavy atom. The number of aliphatic imine (C=N–C) groups is 1. The number of hydrogen-bond donors (Lipinski definition) is 0. The largest absolute Gasteiger partial charge is 0.269 e. The van der Waals surface area contributed by atoms with Gasteiger partial charge in [-0.05, 0) is 24.1 Å². The molecule has 0 saturated heterocycles. The smallest absolute Gasteiger partial charge is 0.258 e. The summed E-state index contributed by atoms with van der Waals surface area (Å²) in [5.74, 6) is 0. The van der Waals surface area contributed by atoms with Crippen molar-refractivity contribution in [3.8, 4) is 0 Å². The Kier molecular flexibility index (Phi) is 3.73. The van der Waals surface area contributed by atoms with E-state index in [1.54, 1.807) is 18.3 Å². The molecule has 1 aromatic heterocycles. The molecule has 7 heteroatoms. The lowest BCUT2D eigenvalue weighted by Crippen LogP contribution is -1.88. The molecular formula is C11H10N4O2S. The summed E-state index contributed by atoms with van der Waals surface area (Å²) in [7, 11) is 0. The minimum absolute atomic E-state index is 0.0661. The van der Waals surface area contributed by atoms with Crippen LogP contribution in [0.25, 0.3) is 0 Å². The van der Waals surface area contributed by atoms with Crippen molar-refractivity contribution in [1.82, 2.24) is 10.2 Å². The van der Waals surface area contributed by atoms with Gasteiger partial charge in [0.05, 0.1) is 4.92 Å². The average Bonchev–Trinajstić information content (AvgIpc) is 2.85. The average molecular weight is 262 g/mol. The van der Waals surface area contributed by atoms with Crippen molar-refractivity contribution in [3.63, 3.8) is 0 Å². The molecule has 1 heterocycles. The van der Waals surface area contributed by atoms with E-state index in [1.807, 2.05) is 6.92 Å². The zero-order valence-electron chi connectivity index (χ0n) is 9.61. The Morgan fingerprint density at radius 2 is 2.11 bits per heavy atom. The van der Waals surface area contributed by atoms with Gasteiger partial charge in [-0.1, -0.05) is 18.3 Å². The van der Waals surface area contributed by atoms with Crippen LogP contribution in [-0.2, 0) is 6.42 Å². The molecule has 1 aromatic carbocycles. The van der Waals surface area contributed by atoms with E-state index in [0.29, 0.717) is 5.13 Å². The Bertz CT molecular complexity index is 577. The number of nitro benzene ring substituents is 1. The Morgan fingerprint density at radius 1 is 1.39 bits per heavy atom. The molecule has 0 N–H and O–H groups in total. The van der Waals surface area contributed by atoms with Crippen LogP contribution in [0.15, 0.2) is 29.3 Å². The SMILES string of the molecule is CCc1nnc(N=Cc2ccc([N+](=O)[O-])cc2)s1. The second-order valence-corrected chi connectivity index (χ2v) is 4.48. The van der Waals surface area contributed by atoms with Crippen LogP contribution in [0.2, 0.25) is 0 Å². The van der Waals surface area contributed by atoms with E-state index in [2.05, 4.69) is 15.2 Å². The monoisotopic (exact) mass is 262 g/mol. The molecule has 0 saturated carbocycles. The molecule has 0 unspecified atom stereocenters. The van der Waals surface area contributed by atoms with Crippen LogP contribution in [0, 0.1) is 10.1 Å². The first-order valence-corrected chi connectivity index (χ1v) is 6.11. The third-order valence-electron chi connectivity index (χ3n) is 2.19. The predicted molar refractivity (Wildman–Crippen MR) is 69.6 cm³/mol. The molecule has 18 heavy (non-hydrogen) atoms. The topological polar surface area (TPSA) is 81.3 Å². The third-order valence-corrected chi connectivity index (χ3v) is 3.16. The zero-order chi connectivity index (χ0) is 13.0. The molecule has 0 aliphatic rings. The van der Waals surface area contributed by atoms with Gasteiger partial charge in [-0.15, -0.1) is 10.2 Å². The maximum atomic E-state index is 10.5. The van der Waals surface area contributed by atoms with Crippen LogP contribution in [0.1, 0.15) is 17.5 Å². The summed E-state index contributed by atoms with van der Waals surface area (Å²) < 4.78 is 0. The van der Waals surface area contributed by atoms with Crippen LogP contribution in [0.4, 0.5) is 10.8 Å². The summed E-state index contributed by atoms with van der Waals surface area (Å²) in [5, 5.41) is 19.9. The number of rotatable bonds is 4. The number of benzene rings is 1. The first-order valence-electron chi connectivity index (χ1n) is 5.30. The van der Waals surface area contributed by atoms with Gasteiger partial charge in [-0.2, -0.15) is 0 Å². The highest BCUT2D eigenvalue weighted by Crippen LogP contribution is 2.18. The molecular weight excluding hydrogens is 252 g/mol. The Labute approximate surface area is 107 Å². The van der Waals surface area contributed by atoms with Gasteiger partial charge in [0, 0.05) is 18.3 Å². The van der Waals surface area contributed by atoms with Crippen LogP contribution in [0.5, 0.6) is 0 Å². The summed E-state index contributed by atoms with van der Waals surface area (Å²) in [4.78, 5) is 14.2. The first-order chi connectivity index (χ1) is 8.69. The maximum Gasteiger partial charge on any atom is 0.269 e. The molecule has 92 valence electrons. The number of nitro groups is 1. The van der Waals surface area contributed by atoms with Gasteiger partial charge in [0.15, 0.2) is 0 Å². The van der Waals surface area contributed by atoms with Crippen molar-refractivity contribution < 1.29 is 4.92 Å². The van der Waals surface area contributed by atoms with E-state index < -0.39 is 4.92 Å². The second kappa shape index (κ2) is 5.46. The lowest BCUT2D eigenvalue weighted by Gasteiger charge is -1.92. The molecule has 6 nitrogen and oxygen atoms in total. The molecule has 0 aliphatic carbocycles. The third kappa shape index (κ3) is 2.95. The number of aromatic nitrogens is 2. The van der Waals surface area contributed by atoms with Gasteiger partial charge >= 0.3 is 0 Å². The predicted octanol–water partition coefficient (Wildman–Crippen LogP) is 2.76. The highest BCUT2D eigenvalue weighted by molar-refractivity contribution is 7.14. The minimum atomic E-state index is -0.431. The minimum Gasteiger partial charge on any atom is -0.258 e. The fraction of sp³-hybridized carbons (Fsp3) is 0.182. The van der Waals surface area contributed by atoms with Gasteiger partial charge < -0.3 is 0 Å². The lowest BCUT2D eigenvalue weighted by molar-refractivity contribution is -0.384. The van der Waals surface area contributed by atoms with Gasteiger partial charge in [0.1, 0.15) is 5.01 Å². The molecule has 0 atom stereocenters. The normalized spacial score (nSPS) is 10.9. The standard InChI is InChI=1S/C11H10N4O2S/c1-2-10-13-14-11(18-10)12-7-8-3-5-9(6-4-8)15(16)17/h3-7H,2H2,1H3. The van der Waals surface area contributed by atoms with Crippen LogP contribution >= 0.6 is 11.3 Å². The summed E-state index contributed by atoms with van der Waals surface area (Å²) in [5.41, 5.74) is 0.852. The fourth-order valence-electron chi connectivity index (χ4n) is 1.25. The molecule has 0 amide bonds. The van der Waals surface area contributed by atoms with Crippen LogP contribution in [0.3, 0.4) is 0 Å². The summed E-state index contributed by atoms with van der Waals surface area (Å²) >= 11 is 1.43. The number of hydrogen-bond acceptors (Lipinski definition) is 6. The molecule has 0 spiro atoms. The van der Waals surface area contributed by atoms with Crippen molar-refractivity contribution in [2.75, 3.05) is 0 Å². The molecule has 0 bridgehead atoms. The van der Waals surface area contributed by atoms with E-state index in [0.717, 1.165) is 17.0 Å². The van der Waals surface area contributed by atoms with E-state index in [4.69, 9.17) is 0 Å². The Hall–Kier alpha value is -2.15. The molecule has 0 fully saturated rings. The summed E-state index contributed by atoms with van der Waals surface area (Å²) in [6.45, 7) is 2.00. The molecule has 0 radical (unpaired) electrons. The van der Waals surface area contributed by atoms with Gasteiger partial charge in [-0.25, -0.2) is 4.99 Å². The van der Waals surface area contributed by atoms with Crippen molar-refractivity contribution in [2.24, 2.45) is 4.99 Å². The number of nitrogens with zero attached hydrogens (tertiary/aromatic N) is 4. The quantitative estimate of drug-likeness (QED) is 0.482. The van der Waals surface area contributed by atoms with E-state index >= 15 is 0 Å². The molecule has 0 aliphatic heterocycles. The van der Waals surface area contributed by atoms with Gasteiger partial charge in [-0.3, -0.25) is 10.1 Å². The molecule has 2 rings (SSSR count). The first kappa shape index (κ1) is 12.3. The van der Waals surface area contributed by atoms with Crippen molar-refractivity contribution in [2.45, 2.75) is 13.3 Å². The highest BCUT2D eigenvalue weighted by atomic mass is 32.1. The molecule has 2 aromatic rings. The highest BCUT2D eigenvalue weighted by Gasteiger charge is 2.03. The number of non-ortho nitro benzene ring substituents is 1. The zero-order valence-corrected chi connectivity index (χ0v) is 10.4. The van der Waals surface area contributed by atoms with Crippen molar-refractivity contribution in [1.29, 1.82) is 0 Å². The van der Waals surface area contributed by atoms with Crippen molar-refractivity contribution in [3.05, 3.63) is 45.0 Å². The van der Waals surface area contributed by atoms with E-state index in [1.165, 1.54) is 23.5 Å². The maximum absolute atomic E-state index is 10.5. The van der Waals surface area contributed by atoms with Crippen molar-refractivity contribution >= 4 is 28.4 Å². The van der Waals surface area contributed by atoms with E-state index in [-0.39, 0.29) is 5.69 Å². The summed E-state index contributed by atoms with van der Waals surface area (Å²) in [6.07, 6.45) is 2.45. The van der Waals surface area contributed by atoms with E-state index in [9.17, 15) is 10.1 Å².